The van der Waals surface area contributed by atoms with Crippen molar-refractivity contribution in [2.24, 2.45) is 23.7 Å². The first kappa shape index (κ1) is 28.4. The highest BCUT2D eigenvalue weighted by atomic mass is 16.2. The van der Waals surface area contributed by atoms with Crippen LogP contribution in [0.15, 0.2) is 53.3 Å². The van der Waals surface area contributed by atoms with Crippen molar-refractivity contribution in [3.05, 3.63) is 70.3 Å². The predicted molar refractivity (Wildman–Crippen MR) is 163 cm³/mol. The van der Waals surface area contributed by atoms with Crippen LogP contribution >= 0.6 is 0 Å². The highest BCUT2D eigenvalue weighted by molar-refractivity contribution is 5.78. The summed E-state index contributed by atoms with van der Waals surface area (Å²) in [4.78, 5) is 34.8. The fraction of sp³-hybridized carbons (Fsp3) is 0.559. The Balaban J connectivity index is 1.49. The van der Waals surface area contributed by atoms with Crippen LogP contribution in [-0.4, -0.2) is 33.6 Å². The lowest BCUT2D eigenvalue weighted by molar-refractivity contribution is 0.131. The van der Waals surface area contributed by atoms with Crippen LogP contribution in [0.5, 0.6) is 0 Å². The molecule has 1 N–H and O–H groups in total. The molecule has 3 atom stereocenters. The van der Waals surface area contributed by atoms with Crippen LogP contribution in [0.3, 0.4) is 0 Å². The van der Waals surface area contributed by atoms with Gasteiger partial charge in [0.05, 0.1) is 22.6 Å². The minimum atomic E-state index is -0.383. The van der Waals surface area contributed by atoms with Gasteiger partial charge in [-0.15, -0.1) is 0 Å². The zero-order valence-electron chi connectivity index (χ0n) is 24.7. The summed E-state index contributed by atoms with van der Waals surface area (Å²) in [5.41, 5.74) is 2.49. The van der Waals surface area contributed by atoms with E-state index in [1.54, 1.807) is 4.57 Å². The fourth-order valence-electron chi connectivity index (χ4n) is 7.07. The van der Waals surface area contributed by atoms with Crippen LogP contribution < -0.4 is 10.9 Å². The van der Waals surface area contributed by atoms with E-state index in [2.05, 4.69) is 32.2 Å². The van der Waals surface area contributed by atoms with Gasteiger partial charge in [-0.25, -0.2) is 9.78 Å². The normalized spacial score (nSPS) is 21.4. The third kappa shape index (κ3) is 6.11. The quantitative estimate of drug-likeness (QED) is 0.309. The zero-order valence-corrected chi connectivity index (χ0v) is 24.7. The van der Waals surface area contributed by atoms with Crippen molar-refractivity contribution in [3.8, 4) is 5.69 Å². The Bertz CT molecular complexity index is 1370. The van der Waals surface area contributed by atoms with Gasteiger partial charge < -0.3 is 10.2 Å². The molecule has 40 heavy (non-hydrogen) atoms. The molecule has 2 aliphatic rings. The van der Waals surface area contributed by atoms with Crippen LogP contribution in [0, 0.1) is 23.7 Å². The summed E-state index contributed by atoms with van der Waals surface area (Å²) >= 11 is 0. The van der Waals surface area contributed by atoms with Crippen molar-refractivity contribution in [2.75, 3.05) is 13.1 Å². The molecule has 214 valence electrons. The third-order valence-corrected chi connectivity index (χ3v) is 9.23. The molecule has 1 heterocycles. The van der Waals surface area contributed by atoms with Crippen molar-refractivity contribution >= 4 is 16.9 Å². The first-order valence-corrected chi connectivity index (χ1v) is 15.5. The molecule has 2 bridgehead atoms. The predicted octanol–water partition coefficient (Wildman–Crippen LogP) is 7.28. The van der Waals surface area contributed by atoms with Crippen LogP contribution in [-0.2, 0) is 6.42 Å². The summed E-state index contributed by atoms with van der Waals surface area (Å²) in [6.07, 6.45) is 9.60. The number of carbonyl (C=O) groups excluding carboxylic acids is 1. The number of benzene rings is 2. The average molecular weight is 543 g/mol. The molecule has 2 amide bonds. The van der Waals surface area contributed by atoms with Crippen molar-refractivity contribution in [1.82, 2.24) is 19.8 Å². The van der Waals surface area contributed by atoms with Gasteiger partial charge in [-0.05, 0) is 86.5 Å². The first-order valence-electron chi connectivity index (χ1n) is 15.5. The number of aromatic nitrogens is 2. The minimum Gasteiger partial charge on any atom is -0.338 e. The Morgan fingerprint density at radius 3 is 2.45 bits per heavy atom. The second kappa shape index (κ2) is 12.6. The summed E-state index contributed by atoms with van der Waals surface area (Å²) in [5, 5.41) is 3.91. The van der Waals surface area contributed by atoms with Gasteiger partial charge in [0.15, 0.2) is 0 Å². The second-order valence-corrected chi connectivity index (χ2v) is 12.6. The van der Waals surface area contributed by atoms with Crippen LogP contribution in [0.25, 0.3) is 16.6 Å². The van der Waals surface area contributed by atoms with Gasteiger partial charge in [-0.3, -0.25) is 9.36 Å². The molecule has 3 unspecified atom stereocenters. The van der Waals surface area contributed by atoms with Crippen LogP contribution in [0.2, 0.25) is 0 Å². The molecule has 2 saturated carbocycles. The number of amides is 2. The lowest BCUT2D eigenvalue weighted by atomic mass is 9.68. The number of fused-ring (bicyclic) bond motifs is 3. The number of urea groups is 1. The maximum absolute atomic E-state index is 14.0. The molecule has 1 aromatic heterocycles. The number of para-hydroxylation sites is 2. The summed E-state index contributed by atoms with van der Waals surface area (Å²) < 4.78 is 1.75. The Morgan fingerprint density at radius 1 is 1.02 bits per heavy atom. The molecule has 2 aromatic carbocycles. The van der Waals surface area contributed by atoms with Gasteiger partial charge in [-0.2, -0.15) is 0 Å². The smallest absolute Gasteiger partial charge is 0.318 e. The number of hydrogen-bond donors (Lipinski definition) is 1. The first-order chi connectivity index (χ1) is 19.4. The van der Waals surface area contributed by atoms with Crippen molar-refractivity contribution in [3.63, 3.8) is 0 Å². The molecule has 0 spiro atoms. The van der Waals surface area contributed by atoms with E-state index in [9.17, 15) is 9.59 Å². The molecule has 2 aliphatic carbocycles. The maximum Gasteiger partial charge on any atom is 0.318 e. The van der Waals surface area contributed by atoms with Crippen LogP contribution in [0.4, 0.5) is 4.79 Å². The van der Waals surface area contributed by atoms with Gasteiger partial charge in [0.25, 0.3) is 5.56 Å². The van der Waals surface area contributed by atoms with E-state index in [0.29, 0.717) is 35.1 Å². The van der Waals surface area contributed by atoms with E-state index in [-0.39, 0.29) is 17.6 Å². The van der Waals surface area contributed by atoms with Gasteiger partial charge in [0.2, 0.25) is 0 Å². The van der Waals surface area contributed by atoms with Crippen molar-refractivity contribution in [1.29, 1.82) is 0 Å². The standard InChI is InChI=1S/C34H46N4O2/c1-5-28-13-6-9-16-31(28)38-32(36-30-15-8-7-14-29(30)33(38)39)24(4)37(18-17-23(2)3)34(40)35-22-27-20-25-11-10-12-26(19-25)21-27/h6-9,13-16,23-27H,5,10-12,17-22H2,1-4H3,(H,35,40). The zero-order chi connectivity index (χ0) is 28.2. The van der Waals surface area contributed by atoms with E-state index < -0.39 is 0 Å². The monoisotopic (exact) mass is 542 g/mol. The Morgan fingerprint density at radius 2 is 1.73 bits per heavy atom. The molecule has 3 aromatic rings. The lowest BCUT2D eigenvalue weighted by Crippen LogP contribution is -2.46. The maximum atomic E-state index is 14.0. The van der Waals surface area contributed by atoms with E-state index in [4.69, 9.17) is 4.98 Å². The van der Waals surface area contributed by atoms with Crippen LogP contribution in [0.1, 0.15) is 90.1 Å². The van der Waals surface area contributed by atoms with Gasteiger partial charge in [0.1, 0.15) is 5.82 Å². The number of nitrogens with zero attached hydrogens (tertiary/aromatic N) is 3. The average Bonchev–Trinajstić information content (AvgIpc) is 2.95. The fourth-order valence-corrected chi connectivity index (χ4v) is 7.07. The molecule has 6 heteroatoms. The van der Waals surface area contributed by atoms with E-state index >= 15 is 0 Å². The molecule has 0 saturated heterocycles. The van der Waals surface area contributed by atoms with Crippen molar-refractivity contribution < 1.29 is 4.79 Å². The number of carbonyl (C=O) groups is 1. The molecular formula is C34H46N4O2. The highest BCUT2D eigenvalue weighted by Crippen LogP contribution is 2.42. The van der Waals surface area contributed by atoms with Gasteiger partial charge in [-0.1, -0.05) is 70.4 Å². The number of hydrogen-bond acceptors (Lipinski definition) is 3. The molecular weight excluding hydrogens is 496 g/mol. The Labute approximate surface area is 239 Å². The number of nitrogens with one attached hydrogen (secondary N) is 1. The number of aryl methyl sites for hydroxylation is 1. The van der Waals surface area contributed by atoms with Crippen molar-refractivity contribution in [2.45, 2.75) is 85.1 Å². The summed E-state index contributed by atoms with van der Waals surface area (Å²) in [6.45, 7) is 9.83. The van der Waals surface area contributed by atoms with Gasteiger partial charge in [0, 0.05) is 13.1 Å². The molecule has 0 aliphatic heterocycles. The largest absolute Gasteiger partial charge is 0.338 e. The minimum absolute atomic E-state index is 0.0541. The van der Waals surface area contributed by atoms with Gasteiger partial charge >= 0.3 is 6.03 Å². The highest BCUT2D eigenvalue weighted by Gasteiger charge is 2.33. The lowest BCUT2D eigenvalue weighted by Gasteiger charge is -2.39. The Hall–Kier alpha value is -3.15. The summed E-state index contributed by atoms with van der Waals surface area (Å²) in [5.74, 6) is 3.28. The third-order valence-electron chi connectivity index (χ3n) is 9.23. The summed E-state index contributed by atoms with van der Waals surface area (Å²) in [6, 6.07) is 15.1. The molecule has 0 radical (unpaired) electrons. The molecule has 5 rings (SSSR count). The second-order valence-electron chi connectivity index (χ2n) is 12.6. The molecule has 6 nitrogen and oxygen atoms in total. The summed E-state index contributed by atoms with van der Waals surface area (Å²) in [7, 11) is 0. The number of rotatable bonds is 9. The molecule has 2 fully saturated rings. The van der Waals surface area contributed by atoms with E-state index in [1.165, 1.54) is 38.5 Å². The topological polar surface area (TPSA) is 67.2 Å². The van der Waals surface area contributed by atoms with E-state index in [0.717, 1.165) is 42.5 Å². The SMILES string of the molecule is CCc1ccccc1-n1c(C(C)N(CCC(C)C)C(=O)NCC2CC3CCCC(C3)C2)nc2ccccc2c1=O. The van der Waals surface area contributed by atoms with E-state index in [1.807, 2.05) is 54.3 Å². The Kier molecular flexibility index (Phi) is 8.92.